The number of nitrogens with one attached hydrogen (secondary N) is 1. The molecule has 4 nitrogen and oxygen atoms in total. The van der Waals surface area contributed by atoms with Crippen LogP contribution in [0.1, 0.15) is 15.2 Å². The third-order valence-electron chi connectivity index (χ3n) is 2.53. The maximum atomic E-state index is 11.9. The summed E-state index contributed by atoms with van der Waals surface area (Å²) in [5.74, 6) is -0.212. The highest BCUT2D eigenvalue weighted by molar-refractivity contribution is 7.11. The van der Waals surface area contributed by atoms with Crippen molar-refractivity contribution in [3.8, 4) is 0 Å². The maximum Gasteiger partial charge on any atom is 0.271 e. The quantitative estimate of drug-likeness (QED) is 0.687. The Morgan fingerprint density at radius 2 is 2.16 bits per heavy atom. The molecular formula is C14H15N3OS. The first-order valence-corrected chi connectivity index (χ1v) is 6.69. The van der Waals surface area contributed by atoms with Crippen LogP contribution < -0.4 is 10.3 Å². The van der Waals surface area contributed by atoms with Gasteiger partial charge < -0.3 is 4.90 Å². The van der Waals surface area contributed by atoms with Gasteiger partial charge in [0.2, 0.25) is 0 Å². The van der Waals surface area contributed by atoms with Gasteiger partial charge in [-0.05, 0) is 29.6 Å². The number of hydrogen-bond donors (Lipinski definition) is 1. The number of anilines is 1. The minimum Gasteiger partial charge on any atom is -0.378 e. The molecule has 1 heterocycles. The number of carbonyl (C=O) groups excluding carboxylic acids is 1. The van der Waals surface area contributed by atoms with Gasteiger partial charge in [-0.3, -0.25) is 4.79 Å². The molecule has 0 aliphatic rings. The maximum absolute atomic E-state index is 11.9. The fourth-order valence-electron chi connectivity index (χ4n) is 1.51. The van der Waals surface area contributed by atoms with Gasteiger partial charge in [0.1, 0.15) is 0 Å². The summed E-state index contributed by atoms with van der Waals surface area (Å²) >= 11 is 1.57. The normalized spacial score (nSPS) is 10.6. The number of hydrazone groups is 1. The lowest BCUT2D eigenvalue weighted by molar-refractivity contribution is 0.0955. The van der Waals surface area contributed by atoms with Crippen LogP contribution in [-0.2, 0) is 0 Å². The summed E-state index contributed by atoms with van der Waals surface area (Å²) in [7, 11) is 3.87. The van der Waals surface area contributed by atoms with E-state index < -0.39 is 0 Å². The van der Waals surface area contributed by atoms with Gasteiger partial charge in [-0.15, -0.1) is 11.3 Å². The van der Waals surface area contributed by atoms with Gasteiger partial charge in [0.05, 0.1) is 6.21 Å². The Labute approximate surface area is 116 Å². The second-order valence-corrected chi connectivity index (χ2v) is 5.14. The summed E-state index contributed by atoms with van der Waals surface area (Å²) in [6.45, 7) is 0. The zero-order valence-corrected chi connectivity index (χ0v) is 11.6. The summed E-state index contributed by atoms with van der Waals surface area (Å²) < 4.78 is 0. The van der Waals surface area contributed by atoms with Gasteiger partial charge in [-0.1, -0.05) is 12.1 Å². The number of thiophene rings is 1. The molecule has 0 radical (unpaired) electrons. The van der Waals surface area contributed by atoms with Crippen LogP contribution in [0.3, 0.4) is 0 Å². The van der Waals surface area contributed by atoms with Gasteiger partial charge in [0.25, 0.3) is 5.91 Å². The Bertz CT molecular complexity index is 576. The van der Waals surface area contributed by atoms with E-state index in [0.717, 1.165) is 10.6 Å². The van der Waals surface area contributed by atoms with Crippen molar-refractivity contribution in [3.63, 3.8) is 0 Å². The van der Waals surface area contributed by atoms with Crippen LogP contribution in [0.5, 0.6) is 0 Å². The fourth-order valence-corrected chi connectivity index (χ4v) is 2.09. The third kappa shape index (κ3) is 3.66. The molecule has 98 valence electrons. The highest BCUT2D eigenvalue weighted by Gasteiger charge is 2.05. The summed E-state index contributed by atoms with van der Waals surface area (Å²) in [6.07, 6.45) is 1.64. The van der Waals surface area contributed by atoms with Gasteiger partial charge >= 0.3 is 0 Å². The molecule has 1 amide bonds. The minimum absolute atomic E-state index is 0.212. The smallest absolute Gasteiger partial charge is 0.271 e. The second-order valence-electron chi connectivity index (χ2n) is 4.16. The van der Waals surface area contributed by atoms with Crippen molar-refractivity contribution in [2.24, 2.45) is 5.10 Å². The van der Waals surface area contributed by atoms with Gasteiger partial charge in [0, 0.05) is 30.2 Å². The van der Waals surface area contributed by atoms with Crippen LogP contribution in [-0.4, -0.2) is 26.2 Å². The Kier molecular flexibility index (Phi) is 4.30. The predicted molar refractivity (Wildman–Crippen MR) is 80.1 cm³/mol. The molecule has 0 saturated heterocycles. The zero-order chi connectivity index (χ0) is 13.7. The van der Waals surface area contributed by atoms with Gasteiger partial charge in [-0.25, -0.2) is 5.43 Å². The first kappa shape index (κ1) is 13.3. The molecule has 0 saturated carbocycles. The van der Waals surface area contributed by atoms with Crippen LogP contribution in [0.15, 0.2) is 46.9 Å². The first-order chi connectivity index (χ1) is 9.16. The van der Waals surface area contributed by atoms with Crippen molar-refractivity contribution >= 4 is 29.1 Å². The Balaban J connectivity index is 2.02. The molecule has 19 heavy (non-hydrogen) atoms. The highest BCUT2D eigenvalue weighted by Crippen LogP contribution is 2.13. The van der Waals surface area contributed by atoms with E-state index >= 15 is 0 Å². The second kappa shape index (κ2) is 6.15. The molecular weight excluding hydrogens is 258 g/mol. The lowest BCUT2D eigenvalue weighted by atomic mass is 10.2. The standard InChI is InChI=1S/C14H15N3OS/c1-17(2)12-6-3-5-11(9-12)14(18)16-15-10-13-7-4-8-19-13/h3-10H,1-2H3,(H,16,18)/b15-10+. The minimum atomic E-state index is -0.212. The van der Waals surface area contributed by atoms with E-state index in [1.54, 1.807) is 23.6 Å². The number of benzene rings is 1. The van der Waals surface area contributed by atoms with Crippen molar-refractivity contribution in [2.45, 2.75) is 0 Å². The molecule has 1 N–H and O–H groups in total. The molecule has 1 aromatic carbocycles. The molecule has 5 heteroatoms. The monoisotopic (exact) mass is 273 g/mol. The van der Waals surface area contributed by atoms with Gasteiger partial charge in [-0.2, -0.15) is 5.10 Å². The van der Waals surface area contributed by atoms with E-state index in [9.17, 15) is 4.79 Å². The predicted octanol–water partition coefficient (Wildman–Crippen LogP) is 2.58. The van der Waals surface area contributed by atoms with Crippen LogP contribution in [0.2, 0.25) is 0 Å². The summed E-state index contributed by atoms with van der Waals surface area (Å²) in [4.78, 5) is 14.9. The van der Waals surface area contributed by atoms with Crippen molar-refractivity contribution in [3.05, 3.63) is 52.2 Å². The lowest BCUT2D eigenvalue weighted by Gasteiger charge is -2.12. The molecule has 0 atom stereocenters. The van der Waals surface area contributed by atoms with Crippen LogP contribution in [0.25, 0.3) is 0 Å². The molecule has 0 aliphatic heterocycles. The van der Waals surface area contributed by atoms with Crippen LogP contribution >= 0.6 is 11.3 Å². The van der Waals surface area contributed by atoms with E-state index in [2.05, 4.69) is 10.5 Å². The van der Waals surface area contributed by atoms with E-state index in [1.165, 1.54) is 0 Å². The number of amides is 1. The molecule has 0 spiro atoms. The van der Waals surface area contributed by atoms with E-state index in [0.29, 0.717) is 5.56 Å². The summed E-state index contributed by atoms with van der Waals surface area (Å²) in [5.41, 5.74) is 4.10. The number of carbonyl (C=O) groups is 1. The van der Waals surface area contributed by atoms with Crippen LogP contribution in [0.4, 0.5) is 5.69 Å². The molecule has 0 fully saturated rings. The zero-order valence-electron chi connectivity index (χ0n) is 10.8. The fraction of sp³-hybridized carbons (Fsp3) is 0.143. The molecule has 1 aromatic heterocycles. The van der Waals surface area contributed by atoms with E-state index in [-0.39, 0.29) is 5.91 Å². The molecule has 2 rings (SSSR count). The largest absolute Gasteiger partial charge is 0.378 e. The Morgan fingerprint density at radius 3 is 2.84 bits per heavy atom. The number of hydrogen-bond acceptors (Lipinski definition) is 4. The van der Waals surface area contributed by atoms with Crippen molar-refractivity contribution < 1.29 is 4.79 Å². The molecule has 0 bridgehead atoms. The molecule has 0 aliphatic carbocycles. The van der Waals surface area contributed by atoms with Crippen molar-refractivity contribution in [1.82, 2.24) is 5.43 Å². The Hall–Kier alpha value is -2.14. The number of rotatable bonds is 4. The SMILES string of the molecule is CN(C)c1cccc(C(=O)N/N=C/c2cccs2)c1. The van der Waals surface area contributed by atoms with Crippen molar-refractivity contribution in [2.75, 3.05) is 19.0 Å². The number of nitrogens with zero attached hydrogens (tertiary/aromatic N) is 2. The summed E-state index contributed by atoms with van der Waals surface area (Å²) in [5, 5.41) is 5.90. The Morgan fingerprint density at radius 1 is 1.32 bits per heavy atom. The van der Waals surface area contributed by atoms with Gasteiger partial charge in [0.15, 0.2) is 0 Å². The average Bonchev–Trinajstić information content (AvgIpc) is 2.92. The molecule has 2 aromatic rings. The van der Waals surface area contributed by atoms with Crippen LogP contribution in [0, 0.1) is 0 Å². The van der Waals surface area contributed by atoms with Crippen molar-refractivity contribution in [1.29, 1.82) is 0 Å². The first-order valence-electron chi connectivity index (χ1n) is 5.81. The van der Waals surface area contributed by atoms with E-state index in [4.69, 9.17) is 0 Å². The topological polar surface area (TPSA) is 44.7 Å². The van der Waals surface area contributed by atoms with E-state index in [1.807, 2.05) is 54.7 Å². The molecule has 0 unspecified atom stereocenters. The average molecular weight is 273 g/mol. The third-order valence-corrected chi connectivity index (χ3v) is 3.33. The highest BCUT2D eigenvalue weighted by atomic mass is 32.1. The summed E-state index contributed by atoms with van der Waals surface area (Å²) in [6, 6.07) is 11.3. The lowest BCUT2D eigenvalue weighted by Crippen LogP contribution is -2.18.